The first-order chi connectivity index (χ1) is 9.58. The van der Waals surface area contributed by atoms with Gasteiger partial charge in [0.15, 0.2) is 0 Å². The summed E-state index contributed by atoms with van der Waals surface area (Å²) in [5.41, 5.74) is 1.79. The van der Waals surface area contributed by atoms with Gasteiger partial charge in [0.25, 0.3) is 5.91 Å². The van der Waals surface area contributed by atoms with Crippen molar-refractivity contribution in [2.45, 2.75) is 11.3 Å². The van der Waals surface area contributed by atoms with Crippen LogP contribution in [0.3, 0.4) is 0 Å². The van der Waals surface area contributed by atoms with E-state index in [2.05, 4.69) is 33.5 Å². The van der Waals surface area contributed by atoms with Crippen LogP contribution in [0.4, 0.5) is 0 Å². The van der Waals surface area contributed by atoms with Gasteiger partial charge in [-0.05, 0) is 42.3 Å². The predicted octanol–water partition coefficient (Wildman–Crippen LogP) is 3.45. The lowest BCUT2D eigenvalue weighted by Gasteiger charge is -2.18. The van der Waals surface area contributed by atoms with Crippen molar-refractivity contribution in [1.29, 1.82) is 0 Å². The number of carbonyl (C=O) groups excluding carboxylic acids is 1. The highest BCUT2D eigenvalue weighted by atomic mass is 79.9. The number of rotatable bonds is 4. The molecule has 2 rings (SSSR count). The molecule has 0 atom stereocenters. The van der Waals surface area contributed by atoms with Crippen molar-refractivity contribution < 1.29 is 4.79 Å². The normalized spacial score (nSPS) is 10.3. The molecule has 20 heavy (non-hydrogen) atoms. The van der Waals surface area contributed by atoms with Crippen LogP contribution in [0.25, 0.3) is 0 Å². The molecule has 0 spiro atoms. The standard InChI is InChI=1S/C15H15BrN2OS/c1-18(9-6-11-4-7-17-8-5-11)15(19)13-3-2-12(16)10-14(13)20/h2-5,7-8,10,20H,6,9H2,1H3. The van der Waals surface area contributed by atoms with E-state index in [-0.39, 0.29) is 5.91 Å². The molecule has 0 aliphatic carbocycles. The van der Waals surface area contributed by atoms with E-state index < -0.39 is 0 Å². The second-order valence-electron chi connectivity index (χ2n) is 4.49. The molecule has 104 valence electrons. The summed E-state index contributed by atoms with van der Waals surface area (Å²) in [7, 11) is 1.80. The molecule has 0 fully saturated rings. The van der Waals surface area contributed by atoms with Gasteiger partial charge >= 0.3 is 0 Å². The fraction of sp³-hybridized carbons (Fsp3) is 0.200. The number of thiol groups is 1. The van der Waals surface area contributed by atoms with E-state index in [0.29, 0.717) is 17.0 Å². The Balaban J connectivity index is 2.01. The first kappa shape index (κ1) is 15.1. The van der Waals surface area contributed by atoms with Crippen LogP contribution in [-0.4, -0.2) is 29.4 Å². The van der Waals surface area contributed by atoms with E-state index in [0.717, 1.165) is 10.9 Å². The van der Waals surface area contributed by atoms with Gasteiger partial charge in [0.05, 0.1) is 5.56 Å². The van der Waals surface area contributed by atoms with E-state index in [4.69, 9.17) is 0 Å². The summed E-state index contributed by atoms with van der Waals surface area (Å²) in [6.07, 6.45) is 4.33. The molecule has 1 heterocycles. The second kappa shape index (κ2) is 6.90. The topological polar surface area (TPSA) is 33.2 Å². The largest absolute Gasteiger partial charge is 0.341 e. The number of pyridine rings is 1. The Morgan fingerprint density at radius 3 is 2.65 bits per heavy atom. The fourth-order valence-corrected chi connectivity index (χ4v) is 2.69. The number of hydrogen-bond donors (Lipinski definition) is 1. The Morgan fingerprint density at radius 2 is 2.00 bits per heavy atom. The van der Waals surface area contributed by atoms with Crippen molar-refractivity contribution in [3.8, 4) is 0 Å². The predicted molar refractivity (Wildman–Crippen MR) is 86.3 cm³/mol. The van der Waals surface area contributed by atoms with E-state index in [1.165, 1.54) is 5.56 Å². The van der Waals surface area contributed by atoms with Crippen molar-refractivity contribution in [2.75, 3.05) is 13.6 Å². The molecule has 0 radical (unpaired) electrons. The highest BCUT2D eigenvalue weighted by Gasteiger charge is 2.14. The molecule has 1 aromatic carbocycles. The lowest BCUT2D eigenvalue weighted by atomic mass is 10.1. The van der Waals surface area contributed by atoms with Crippen LogP contribution in [0.15, 0.2) is 52.1 Å². The van der Waals surface area contributed by atoms with Crippen molar-refractivity contribution in [3.05, 3.63) is 58.3 Å². The molecule has 5 heteroatoms. The summed E-state index contributed by atoms with van der Waals surface area (Å²) in [5.74, 6) is -0.0171. The van der Waals surface area contributed by atoms with Crippen molar-refractivity contribution in [2.24, 2.45) is 0 Å². The van der Waals surface area contributed by atoms with Crippen LogP contribution < -0.4 is 0 Å². The summed E-state index contributed by atoms with van der Waals surface area (Å²) in [6.45, 7) is 0.659. The molecule has 1 amide bonds. The third-order valence-electron chi connectivity index (χ3n) is 3.02. The average Bonchev–Trinajstić information content (AvgIpc) is 2.45. The Hall–Kier alpha value is -1.33. The van der Waals surface area contributed by atoms with E-state index in [9.17, 15) is 4.79 Å². The Morgan fingerprint density at radius 1 is 1.30 bits per heavy atom. The van der Waals surface area contributed by atoms with Crippen LogP contribution in [0, 0.1) is 0 Å². The lowest BCUT2D eigenvalue weighted by molar-refractivity contribution is 0.0793. The SMILES string of the molecule is CN(CCc1ccncc1)C(=O)c1ccc(Br)cc1S. The monoisotopic (exact) mass is 350 g/mol. The number of amides is 1. The summed E-state index contributed by atoms with van der Waals surface area (Å²) in [4.78, 5) is 18.7. The van der Waals surface area contributed by atoms with Gasteiger partial charge in [-0.25, -0.2) is 0 Å². The minimum atomic E-state index is -0.0171. The van der Waals surface area contributed by atoms with Crippen LogP contribution in [0.2, 0.25) is 0 Å². The van der Waals surface area contributed by atoms with E-state index >= 15 is 0 Å². The van der Waals surface area contributed by atoms with Crippen LogP contribution in [-0.2, 0) is 6.42 Å². The highest BCUT2D eigenvalue weighted by Crippen LogP contribution is 2.21. The van der Waals surface area contributed by atoms with E-state index in [1.54, 1.807) is 30.4 Å². The highest BCUT2D eigenvalue weighted by molar-refractivity contribution is 9.10. The smallest absolute Gasteiger partial charge is 0.254 e. The fourth-order valence-electron chi connectivity index (χ4n) is 1.84. The first-order valence-electron chi connectivity index (χ1n) is 6.21. The van der Waals surface area contributed by atoms with Gasteiger partial charge in [0, 0.05) is 35.4 Å². The maximum absolute atomic E-state index is 12.3. The van der Waals surface area contributed by atoms with Gasteiger partial charge in [0.1, 0.15) is 0 Å². The molecule has 2 aromatic rings. The van der Waals surface area contributed by atoms with Crippen LogP contribution >= 0.6 is 28.6 Å². The number of hydrogen-bond acceptors (Lipinski definition) is 3. The molecule has 0 aliphatic rings. The minimum absolute atomic E-state index is 0.0171. The van der Waals surface area contributed by atoms with Gasteiger partial charge in [-0.3, -0.25) is 9.78 Å². The van der Waals surface area contributed by atoms with Gasteiger partial charge in [-0.2, -0.15) is 0 Å². The maximum atomic E-state index is 12.3. The number of benzene rings is 1. The minimum Gasteiger partial charge on any atom is -0.341 e. The molecule has 0 unspecified atom stereocenters. The number of carbonyl (C=O) groups is 1. The summed E-state index contributed by atoms with van der Waals surface area (Å²) in [6, 6.07) is 9.39. The lowest BCUT2D eigenvalue weighted by Crippen LogP contribution is -2.29. The number of aromatic nitrogens is 1. The molecule has 0 saturated heterocycles. The molecule has 0 bridgehead atoms. The second-order valence-corrected chi connectivity index (χ2v) is 5.89. The van der Waals surface area contributed by atoms with Crippen LogP contribution in [0.5, 0.6) is 0 Å². The molecule has 0 N–H and O–H groups in total. The Bertz CT molecular complexity index is 604. The Labute approximate surface area is 132 Å². The molecular weight excluding hydrogens is 336 g/mol. The molecule has 0 saturated carbocycles. The number of nitrogens with zero attached hydrogens (tertiary/aromatic N) is 2. The van der Waals surface area contributed by atoms with Gasteiger partial charge in [-0.1, -0.05) is 15.9 Å². The van der Waals surface area contributed by atoms with Crippen molar-refractivity contribution in [1.82, 2.24) is 9.88 Å². The summed E-state index contributed by atoms with van der Waals surface area (Å²) in [5, 5.41) is 0. The third kappa shape index (κ3) is 3.84. The summed E-state index contributed by atoms with van der Waals surface area (Å²) < 4.78 is 0.915. The summed E-state index contributed by atoms with van der Waals surface area (Å²) >= 11 is 7.72. The van der Waals surface area contributed by atoms with E-state index in [1.807, 2.05) is 24.3 Å². The molecular formula is C15H15BrN2OS. The number of halogens is 1. The van der Waals surface area contributed by atoms with Crippen LogP contribution in [0.1, 0.15) is 15.9 Å². The van der Waals surface area contributed by atoms with Gasteiger partial charge in [-0.15, -0.1) is 12.6 Å². The molecule has 1 aromatic heterocycles. The molecule has 0 aliphatic heterocycles. The zero-order chi connectivity index (χ0) is 14.5. The first-order valence-corrected chi connectivity index (χ1v) is 7.45. The maximum Gasteiger partial charge on any atom is 0.254 e. The van der Waals surface area contributed by atoms with Crippen molar-refractivity contribution >= 4 is 34.5 Å². The zero-order valence-electron chi connectivity index (χ0n) is 11.1. The molecule has 3 nitrogen and oxygen atoms in total. The van der Waals surface area contributed by atoms with Gasteiger partial charge in [0.2, 0.25) is 0 Å². The van der Waals surface area contributed by atoms with Gasteiger partial charge < -0.3 is 4.90 Å². The third-order valence-corrected chi connectivity index (χ3v) is 3.89. The van der Waals surface area contributed by atoms with Crippen molar-refractivity contribution in [3.63, 3.8) is 0 Å². The zero-order valence-corrected chi connectivity index (χ0v) is 13.6. The number of likely N-dealkylation sites (N-methyl/N-ethyl adjacent to an activating group) is 1. The Kier molecular flexibility index (Phi) is 5.20. The average molecular weight is 351 g/mol. The quantitative estimate of drug-likeness (QED) is 0.856.